The fourth-order valence-corrected chi connectivity index (χ4v) is 9.51. The van der Waals surface area contributed by atoms with Gasteiger partial charge in [-0.25, -0.2) is 4.98 Å². The molecule has 2 N–H and O–H groups in total. The number of likely N-dealkylation sites (tertiary alicyclic amines) is 1. The molecule has 0 spiro atoms. The van der Waals surface area contributed by atoms with Gasteiger partial charge in [-0.3, -0.25) is 14.4 Å². The third-order valence-corrected chi connectivity index (χ3v) is 13.9. The fourth-order valence-electron chi connectivity index (χ4n) is 8.25. The summed E-state index contributed by atoms with van der Waals surface area (Å²) in [6.07, 6.45) is 1.05. The normalized spacial score (nSPS) is 13.9. The van der Waals surface area contributed by atoms with Crippen LogP contribution in [0.5, 0.6) is 5.75 Å². The highest BCUT2D eigenvalue weighted by atomic mass is 32.1. The molecule has 3 amide bonds. The first kappa shape index (κ1) is 58.2. The van der Waals surface area contributed by atoms with Gasteiger partial charge in [0.25, 0.3) is 0 Å². The van der Waals surface area contributed by atoms with Crippen LogP contribution in [-0.2, 0) is 36.6 Å². The molecule has 0 radical (unpaired) electrons. The summed E-state index contributed by atoms with van der Waals surface area (Å²) in [4.78, 5) is 58.5. The minimum atomic E-state index is -4.74. The molecule has 0 aliphatic carbocycles. The van der Waals surface area contributed by atoms with Crippen molar-refractivity contribution in [3.8, 4) is 33.4 Å². The highest BCUT2D eigenvalue weighted by molar-refractivity contribution is 7.80. The number of halogens is 3. The minimum Gasteiger partial charge on any atom is -0.494 e. The van der Waals surface area contributed by atoms with Gasteiger partial charge in [0.15, 0.2) is 5.11 Å². The number of thiocarbonyl (C=S) groups is 1. The second kappa shape index (κ2) is 26.5. The molecule has 1 aliphatic rings. The Morgan fingerprint density at radius 3 is 2.09 bits per heavy atom. The summed E-state index contributed by atoms with van der Waals surface area (Å²) in [6.45, 7) is 15.3. The van der Waals surface area contributed by atoms with E-state index in [9.17, 15) is 37.6 Å². The first-order valence-corrected chi connectivity index (χ1v) is 25.7. The number of anilines is 2. The molecule has 1 fully saturated rings. The van der Waals surface area contributed by atoms with E-state index in [-0.39, 0.29) is 35.3 Å². The van der Waals surface area contributed by atoms with Crippen molar-refractivity contribution in [2.45, 2.75) is 111 Å². The summed E-state index contributed by atoms with van der Waals surface area (Å²) in [5.74, 6) is 0.377. The van der Waals surface area contributed by atoms with Gasteiger partial charge in [-0.1, -0.05) is 69.3 Å². The molecule has 1 saturated heterocycles. The van der Waals surface area contributed by atoms with Crippen molar-refractivity contribution in [2.24, 2.45) is 5.41 Å². The van der Waals surface area contributed by atoms with Crippen LogP contribution in [0.15, 0.2) is 96.5 Å². The van der Waals surface area contributed by atoms with E-state index in [2.05, 4.69) is 27.8 Å². The van der Waals surface area contributed by atoms with Crippen LogP contribution in [0, 0.1) is 23.7 Å². The highest BCUT2D eigenvalue weighted by Crippen LogP contribution is 2.36. The van der Waals surface area contributed by atoms with Crippen LogP contribution >= 0.6 is 23.6 Å². The number of benzene rings is 4. The van der Waals surface area contributed by atoms with Crippen LogP contribution < -0.4 is 25.2 Å². The number of carbonyl (C=O) groups is 4. The molecule has 13 nitrogen and oxygen atoms in total. The van der Waals surface area contributed by atoms with Crippen molar-refractivity contribution in [1.29, 1.82) is 5.26 Å². The molecule has 2 heterocycles. The number of nitriles is 1. The average molecular weight is 1050 g/mol. The third-order valence-electron chi connectivity index (χ3n) is 12.5. The van der Waals surface area contributed by atoms with Gasteiger partial charge in [-0.05, 0) is 142 Å². The van der Waals surface area contributed by atoms with Crippen LogP contribution in [0.4, 0.5) is 24.5 Å². The van der Waals surface area contributed by atoms with Crippen molar-refractivity contribution < 1.29 is 41.8 Å². The molecule has 18 heteroatoms. The van der Waals surface area contributed by atoms with Crippen LogP contribution in [0.25, 0.3) is 21.6 Å². The van der Waals surface area contributed by atoms with E-state index in [1.807, 2.05) is 93.6 Å². The zero-order valence-corrected chi connectivity index (χ0v) is 44.9. The van der Waals surface area contributed by atoms with Crippen LogP contribution in [0.1, 0.15) is 96.0 Å². The van der Waals surface area contributed by atoms with E-state index >= 15 is 0 Å². The van der Waals surface area contributed by atoms with Gasteiger partial charge in [0, 0.05) is 44.2 Å². The number of ether oxygens (including phenoxy) is 2. The number of hydrogen-bond donors (Lipinski definition) is 2. The summed E-state index contributed by atoms with van der Waals surface area (Å²) < 4.78 is 52.6. The van der Waals surface area contributed by atoms with E-state index in [1.54, 1.807) is 48.3 Å². The first-order chi connectivity index (χ1) is 35.1. The molecule has 0 bridgehead atoms. The number of amides is 3. The lowest BCUT2D eigenvalue weighted by Crippen LogP contribution is -2.56. The zero-order valence-electron chi connectivity index (χ0n) is 43.3. The number of aldehydes is 1. The first-order valence-electron chi connectivity index (χ1n) is 24.4. The minimum absolute atomic E-state index is 0.0369. The van der Waals surface area contributed by atoms with Gasteiger partial charge in [0.1, 0.15) is 24.7 Å². The summed E-state index contributed by atoms with van der Waals surface area (Å²) in [7, 11) is 1.51. The lowest BCUT2D eigenvalue weighted by Gasteiger charge is -2.39. The molecular weight excluding hydrogens is 988 g/mol. The number of hydrogen-bond acceptors (Lipinski definition) is 10. The monoisotopic (exact) mass is 1050 g/mol. The van der Waals surface area contributed by atoms with Gasteiger partial charge in [0.05, 0.1) is 45.4 Å². The Hall–Kier alpha value is -6.68. The standard InChI is InChI=1S/C44H54F3N5O5S.C12H12N2OS/c1-30-12-11-23-51(30)40(55)39(42(2,3)4)49-38(54)28-56-24-9-8-10-25-57-36-21-16-32(17-22-36)31-13-18-34(19-14-31)52(43(5,6)29-53)41(58)50(7)35-20-15-33(27-48)37(26-35)44(45,46)47;1-9-12(16-8-14-9)11-4-2-10(3-5-11)6-13-7-15/h13-22,26,29-30,39H,8-12,23-25,28H2,1-7H3,(H,49,54);2-5,7-8H,6H2,1H3,(H,13,15). The lowest BCUT2D eigenvalue weighted by molar-refractivity contribution is -0.141. The Kier molecular flexibility index (Phi) is 20.9. The molecule has 1 aliphatic heterocycles. The Morgan fingerprint density at radius 2 is 1.54 bits per heavy atom. The van der Waals surface area contributed by atoms with Crippen LogP contribution in [0.2, 0.25) is 0 Å². The molecule has 0 saturated carbocycles. The maximum absolute atomic E-state index is 13.7. The van der Waals surface area contributed by atoms with E-state index < -0.39 is 34.3 Å². The summed E-state index contributed by atoms with van der Waals surface area (Å²) >= 11 is 7.39. The smallest absolute Gasteiger partial charge is 0.417 e. The van der Waals surface area contributed by atoms with Crippen LogP contribution in [0.3, 0.4) is 0 Å². The van der Waals surface area contributed by atoms with E-state index in [1.165, 1.54) is 28.5 Å². The number of aromatic nitrogens is 1. The molecule has 394 valence electrons. The van der Waals surface area contributed by atoms with E-state index in [0.29, 0.717) is 37.6 Å². The molecule has 6 rings (SSSR count). The fraction of sp³-hybridized carbons (Fsp3) is 0.411. The van der Waals surface area contributed by atoms with Crippen molar-refractivity contribution in [3.63, 3.8) is 0 Å². The summed E-state index contributed by atoms with van der Waals surface area (Å²) in [6, 6.07) is 27.6. The Balaban J connectivity index is 0.000000534. The van der Waals surface area contributed by atoms with Crippen molar-refractivity contribution in [1.82, 2.24) is 20.5 Å². The van der Waals surface area contributed by atoms with Crippen molar-refractivity contribution in [3.05, 3.63) is 119 Å². The van der Waals surface area contributed by atoms with Crippen molar-refractivity contribution >= 4 is 64.6 Å². The van der Waals surface area contributed by atoms with Gasteiger partial charge in [-0.15, -0.1) is 11.3 Å². The third kappa shape index (κ3) is 15.9. The van der Waals surface area contributed by atoms with Crippen molar-refractivity contribution in [2.75, 3.05) is 43.2 Å². The SMILES string of the molecule is CC1CCCN1C(=O)C(NC(=O)COCCCCCOc1ccc(-c2ccc(N(C(=S)N(C)c3ccc(C#N)c(C(F)(F)F)c3)C(C)(C)C=O)cc2)cc1)C(C)(C)C.Cc1ncsc1-c1ccc(CNC=O)cc1. The second-order valence-corrected chi connectivity index (χ2v) is 20.9. The number of aryl methyl sites for hydroxylation is 1. The molecule has 2 atom stereocenters. The summed E-state index contributed by atoms with van der Waals surface area (Å²) in [5, 5.41) is 14.8. The number of alkyl halides is 3. The Morgan fingerprint density at radius 1 is 0.919 bits per heavy atom. The number of unbranched alkanes of at least 4 members (excludes halogenated alkanes) is 2. The number of carbonyl (C=O) groups excluding carboxylic acids is 4. The maximum atomic E-state index is 13.7. The van der Waals surface area contributed by atoms with E-state index in [4.69, 9.17) is 21.7 Å². The average Bonchev–Trinajstić information content (AvgIpc) is 4.02. The highest BCUT2D eigenvalue weighted by Gasteiger charge is 2.39. The largest absolute Gasteiger partial charge is 0.494 e. The number of thiazole rings is 1. The lowest BCUT2D eigenvalue weighted by atomic mass is 9.85. The van der Waals surface area contributed by atoms with Gasteiger partial charge in [0.2, 0.25) is 18.2 Å². The number of nitrogens with zero attached hydrogens (tertiary/aromatic N) is 5. The molecule has 5 aromatic rings. The second-order valence-electron chi connectivity index (χ2n) is 19.7. The Labute approximate surface area is 442 Å². The predicted octanol–water partition coefficient (Wildman–Crippen LogP) is 10.9. The van der Waals surface area contributed by atoms with Crippen LogP contribution in [-0.4, -0.2) is 90.5 Å². The van der Waals surface area contributed by atoms with Gasteiger partial charge in [-0.2, -0.15) is 18.4 Å². The van der Waals surface area contributed by atoms with Gasteiger partial charge < -0.3 is 39.6 Å². The van der Waals surface area contributed by atoms with Gasteiger partial charge >= 0.3 is 6.18 Å². The molecule has 2 unspecified atom stereocenters. The zero-order chi connectivity index (χ0) is 54.2. The maximum Gasteiger partial charge on any atom is 0.417 e. The Bertz CT molecular complexity index is 2720. The van der Waals surface area contributed by atoms with E-state index in [0.717, 1.165) is 79.5 Å². The topological polar surface area (TPSA) is 157 Å². The number of rotatable bonds is 20. The molecule has 74 heavy (non-hydrogen) atoms. The quantitative estimate of drug-likeness (QED) is 0.0434. The molecule has 1 aromatic heterocycles. The summed E-state index contributed by atoms with van der Waals surface area (Å²) in [5.41, 5.74) is 4.51. The molecular formula is C56H66F3N7O6S2. The predicted molar refractivity (Wildman–Crippen MR) is 289 cm³/mol. The molecule has 4 aromatic carbocycles. The number of nitrogens with one attached hydrogen (secondary N) is 2.